The number of urea groups is 1. The monoisotopic (exact) mass is 337 g/mol. The molecule has 2 N–H and O–H groups in total. The molecule has 0 aromatic heterocycles. The Morgan fingerprint density at radius 1 is 1.00 bits per heavy atom. The zero-order chi connectivity index (χ0) is 17.0. The highest BCUT2D eigenvalue weighted by Crippen LogP contribution is 2.35. The summed E-state index contributed by atoms with van der Waals surface area (Å²) >= 11 is 0. The molecule has 2 saturated heterocycles. The second kappa shape index (κ2) is 7.72. The van der Waals surface area contributed by atoms with Gasteiger partial charge in [-0.15, -0.1) is 0 Å². The van der Waals surface area contributed by atoms with Crippen LogP contribution in [0.5, 0.6) is 0 Å². The topological polar surface area (TPSA) is 72.9 Å². The van der Waals surface area contributed by atoms with E-state index in [9.17, 15) is 9.59 Å². The van der Waals surface area contributed by atoms with Crippen LogP contribution in [0.25, 0.3) is 0 Å². The lowest BCUT2D eigenvalue weighted by atomic mass is 9.79. The summed E-state index contributed by atoms with van der Waals surface area (Å²) in [7, 11) is 0. The molecule has 6 heteroatoms. The van der Waals surface area contributed by atoms with Crippen molar-refractivity contribution in [1.29, 1.82) is 0 Å². The molecule has 136 valence electrons. The van der Waals surface area contributed by atoms with Gasteiger partial charge in [0.25, 0.3) is 0 Å². The van der Waals surface area contributed by atoms with Gasteiger partial charge in [-0.25, -0.2) is 4.79 Å². The number of carboxylic acids is 1. The highest BCUT2D eigenvalue weighted by Gasteiger charge is 2.39. The third kappa shape index (κ3) is 3.85. The van der Waals surface area contributed by atoms with Crippen molar-refractivity contribution < 1.29 is 14.7 Å². The Morgan fingerprint density at radius 3 is 2.29 bits per heavy atom. The van der Waals surface area contributed by atoms with Crippen LogP contribution in [0.4, 0.5) is 4.79 Å². The first-order chi connectivity index (χ1) is 11.6. The van der Waals surface area contributed by atoms with Gasteiger partial charge in [0.1, 0.15) is 0 Å². The minimum Gasteiger partial charge on any atom is -0.481 e. The number of rotatable bonds is 4. The number of hydrogen-bond donors (Lipinski definition) is 2. The molecule has 0 aromatic carbocycles. The van der Waals surface area contributed by atoms with E-state index >= 15 is 0 Å². The van der Waals surface area contributed by atoms with Crippen molar-refractivity contribution >= 4 is 12.0 Å². The van der Waals surface area contributed by atoms with E-state index in [1.807, 2.05) is 0 Å². The molecule has 24 heavy (non-hydrogen) atoms. The van der Waals surface area contributed by atoms with Crippen molar-refractivity contribution in [2.75, 3.05) is 32.7 Å². The molecule has 0 aromatic rings. The van der Waals surface area contributed by atoms with E-state index in [0.29, 0.717) is 26.1 Å². The molecule has 6 nitrogen and oxygen atoms in total. The summed E-state index contributed by atoms with van der Waals surface area (Å²) in [5, 5.41) is 12.2. The fraction of sp³-hybridized carbons (Fsp3) is 0.889. The number of carbonyl (C=O) groups is 2. The van der Waals surface area contributed by atoms with Gasteiger partial charge >= 0.3 is 12.0 Å². The lowest BCUT2D eigenvalue weighted by Crippen LogP contribution is -2.59. The number of hydrogen-bond acceptors (Lipinski definition) is 3. The van der Waals surface area contributed by atoms with Crippen molar-refractivity contribution in [3.05, 3.63) is 0 Å². The Morgan fingerprint density at radius 2 is 1.67 bits per heavy atom. The average molecular weight is 337 g/mol. The molecule has 1 atom stereocenters. The standard InChI is InChI=1S/C18H31N3O3/c22-16(23)15-7-12-20(13-15)17(24)19-14-18(8-3-1-4-9-18)21-10-5-2-6-11-21/h15H,1-14H2,(H,19,24)(H,22,23). The Labute approximate surface area is 144 Å². The minimum absolute atomic E-state index is 0.0827. The van der Waals surface area contributed by atoms with Crippen LogP contribution in [0.15, 0.2) is 0 Å². The third-order valence-electron chi connectivity index (χ3n) is 6.20. The number of likely N-dealkylation sites (tertiary alicyclic amines) is 2. The molecular weight excluding hydrogens is 306 g/mol. The Hall–Kier alpha value is -1.30. The van der Waals surface area contributed by atoms with E-state index in [0.717, 1.165) is 13.1 Å². The maximum absolute atomic E-state index is 12.5. The van der Waals surface area contributed by atoms with E-state index in [1.54, 1.807) is 4.90 Å². The second-order valence-corrected chi connectivity index (χ2v) is 7.76. The molecule has 1 unspecified atom stereocenters. The molecular formula is C18H31N3O3. The number of piperidine rings is 1. The van der Waals surface area contributed by atoms with Crippen LogP contribution in [0.1, 0.15) is 57.8 Å². The van der Waals surface area contributed by atoms with Crippen LogP contribution in [0, 0.1) is 5.92 Å². The van der Waals surface area contributed by atoms with Crippen molar-refractivity contribution in [1.82, 2.24) is 15.1 Å². The number of amides is 2. The normalized spacial score (nSPS) is 27.8. The van der Waals surface area contributed by atoms with E-state index in [-0.39, 0.29) is 11.6 Å². The van der Waals surface area contributed by atoms with Gasteiger partial charge in [-0.05, 0) is 45.2 Å². The molecule has 0 radical (unpaired) electrons. The largest absolute Gasteiger partial charge is 0.481 e. The van der Waals surface area contributed by atoms with Gasteiger partial charge in [-0.1, -0.05) is 25.7 Å². The van der Waals surface area contributed by atoms with E-state index < -0.39 is 11.9 Å². The lowest BCUT2D eigenvalue weighted by molar-refractivity contribution is -0.141. The first kappa shape index (κ1) is 17.5. The van der Waals surface area contributed by atoms with Gasteiger partial charge < -0.3 is 15.3 Å². The Kier molecular flexibility index (Phi) is 5.64. The van der Waals surface area contributed by atoms with Crippen molar-refractivity contribution in [2.45, 2.75) is 63.3 Å². The summed E-state index contributed by atoms with van der Waals surface area (Å²) in [6.45, 7) is 3.92. The predicted molar refractivity (Wildman–Crippen MR) is 92.0 cm³/mol. The fourth-order valence-corrected chi connectivity index (χ4v) is 4.68. The minimum atomic E-state index is -0.789. The van der Waals surface area contributed by atoms with Crippen molar-refractivity contribution in [3.63, 3.8) is 0 Å². The van der Waals surface area contributed by atoms with E-state index in [1.165, 1.54) is 51.4 Å². The molecule has 0 spiro atoms. The molecule has 2 aliphatic heterocycles. The second-order valence-electron chi connectivity index (χ2n) is 7.76. The highest BCUT2D eigenvalue weighted by molar-refractivity contribution is 5.77. The van der Waals surface area contributed by atoms with Gasteiger partial charge in [-0.2, -0.15) is 0 Å². The van der Waals surface area contributed by atoms with Crippen LogP contribution in [0.2, 0.25) is 0 Å². The molecule has 1 aliphatic carbocycles. The molecule has 1 saturated carbocycles. The molecule has 3 aliphatic rings. The maximum atomic E-state index is 12.5. The number of aliphatic carboxylic acids is 1. The zero-order valence-corrected chi connectivity index (χ0v) is 14.6. The lowest BCUT2D eigenvalue weighted by Gasteiger charge is -2.48. The zero-order valence-electron chi connectivity index (χ0n) is 14.6. The van der Waals surface area contributed by atoms with E-state index in [4.69, 9.17) is 5.11 Å². The van der Waals surface area contributed by atoms with Crippen molar-refractivity contribution in [2.24, 2.45) is 5.92 Å². The molecule has 2 amide bonds. The summed E-state index contributed by atoms with van der Waals surface area (Å²) < 4.78 is 0. The number of nitrogens with one attached hydrogen (secondary N) is 1. The first-order valence-electron chi connectivity index (χ1n) is 9.61. The third-order valence-corrected chi connectivity index (χ3v) is 6.20. The molecule has 2 heterocycles. The molecule has 3 fully saturated rings. The maximum Gasteiger partial charge on any atom is 0.317 e. The fourth-order valence-electron chi connectivity index (χ4n) is 4.68. The van der Waals surface area contributed by atoms with Gasteiger partial charge in [0, 0.05) is 25.2 Å². The first-order valence-corrected chi connectivity index (χ1v) is 9.61. The van der Waals surface area contributed by atoms with Gasteiger partial charge in [-0.3, -0.25) is 9.69 Å². The number of carbonyl (C=O) groups excluding carboxylic acids is 1. The predicted octanol–water partition coefficient (Wildman–Crippen LogP) is 2.29. The Balaban J connectivity index is 1.57. The van der Waals surface area contributed by atoms with Gasteiger partial charge in [0.2, 0.25) is 0 Å². The van der Waals surface area contributed by atoms with Crippen LogP contribution < -0.4 is 5.32 Å². The highest BCUT2D eigenvalue weighted by atomic mass is 16.4. The van der Waals surface area contributed by atoms with Crippen LogP contribution >= 0.6 is 0 Å². The average Bonchev–Trinajstić information content (AvgIpc) is 3.12. The summed E-state index contributed by atoms with van der Waals surface area (Å²) in [4.78, 5) is 27.8. The summed E-state index contributed by atoms with van der Waals surface area (Å²) in [6.07, 6.45) is 10.6. The van der Waals surface area contributed by atoms with Gasteiger partial charge in [0.05, 0.1) is 5.92 Å². The molecule has 0 bridgehead atoms. The van der Waals surface area contributed by atoms with Crippen LogP contribution in [-0.2, 0) is 4.79 Å². The summed E-state index contributed by atoms with van der Waals surface area (Å²) in [5.74, 6) is -1.19. The van der Waals surface area contributed by atoms with Crippen LogP contribution in [-0.4, -0.2) is 65.2 Å². The molecule has 3 rings (SSSR count). The smallest absolute Gasteiger partial charge is 0.317 e. The SMILES string of the molecule is O=C(O)C1CCN(C(=O)NCC2(N3CCCCC3)CCCCC2)C1. The van der Waals surface area contributed by atoms with E-state index in [2.05, 4.69) is 10.2 Å². The summed E-state index contributed by atoms with van der Waals surface area (Å²) in [6, 6.07) is -0.0827. The number of carboxylic acid groups (broad SMARTS) is 1. The summed E-state index contributed by atoms with van der Waals surface area (Å²) in [5.41, 5.74) is 0.125. The van der Waals surface area contributed by atoms with Crippen molar-refractivity contribution in [3.8, 4) is 0 Å². The quantitative estimate of drug-likeness (QED) is 0.825. The van der Waals surface area contributed by atoms with Gasteiger partial charge in [0.15, 0.2) is 0 Å². The number of nitrogens with zero attached hydrogens (tertiary/aromatic N) is 2. The Bertz CT molecular complexity index is 456. The van der Waals surface area contributed by atoms with Crippen LogP contribution in [0.3, 0.4) is 0 Å².